The molecule has 1 N–H and O–H groups in total. The van der Waals surface area contributed by atoms with Gasteiger partial charge in [0, 0.05) is 11.5 Å². The zero-order valence-electron chi connectivity index (χ0n) is 18.4. The van der Waals surface area contributed by atoms with Gasteiger partial charge in [0.2, 0.25) is 17.6 Å². The fourth-order valence-electron chi connectivity index (χ4n) is 3.81. The van der Waals surface area contributed by atoms with Crippen LogP contribution in [-0.4, -0.2) is 47.8 Å². The van der Waals surface area contributed by atoms with E-state index < -0.39 is 0 Å². The van der Waals surface area contributed by atoms with E-state index in [1.807, 2.05) is 55.5 Å². The van der Waals surface area contributed by atoms with Gasteiger partial charge in [0.25, 0.3) is 0 Å². The SMILES string of the molecule is CCOc1ccccc1NC(=O)C1CCN(Cc2nc(-c3ccc(OC)cc3)no2)CC1. The summed E-state index contributed by atoms with van der Waals surface area (Å²) in [6.07, 6.45) is 1.56. The Morgan fingerprint density at radius 1 is 1.16 bits per heavy atom. The first kappa shape index (κ1) is 21.8. The Morgan fingerprint density at radius 2 is 1.91 bits per heavy atom. The Kier molecular flexibility index (Phi) is 7.01. The Hall–Kier alpha value is -3.39. The van der Waals surface area contributed by atoms with Crippen molar-refractivity contribution < 1.29 is 18.8 Å². The molecule has 4 rings (SSSR count). The first-order valence-corrected chi connectivity index (χ1v) is 10.9. The molecule has 1 aliphatic rings. The molecule has 1 fully saturated rings. The van der Waals surface area contributed by atoms with Gasteiger partial charge in [-0.3, -0.25) is 9.69 Å². The lowest BCUT2D eigenvalue weighted by Crippen LogP contribution is -2.37. The topological polar surface area (TPSA) is 89.7 Å². The fraction of sp³-hybridized carbons (Fsp3) is 0.375. The average molecular weight is 437 g/mol. The summed E-state index contributed by atoms with van der Waals surface area (Å²) >= 11 is 0. The van der Waals surface area contributed by atoms with Crippen LogP contribution in [0.15, 0.2) is 53.1 Å². The summed E-state index contributed by atoms with van der Waals surface area (Å²) in [5, 5.41) is 7.12. The molecule has 0 spiro atoms. The van der Waals surface area contributed by atoms with Gasteiger partial charge < -0.3 is 19.3 Å². The number of piperidine rings is 1. The largest absolute Gasteiger partial charge is 0.497 e. The van der Waals surface area contributed by atoms with Gasteiger partial charge in [-0.2, -0.15) is 4.98 Å². The van der Waals surface area contributed by atoms with E-state index >= 15 is 0 Å². The predicted octanol–water partition coefficient (Wildman–Crippen LogP) is 3.99. The number of nitrogens with one attached hydrogen (secondary N) is 1. The number of likely N-dealkylation sites (tertiary alicyclic amines) is 1. The molecule has 0 bridgehead atoms. The number of benzene rings is 2. The van der Waals surface area contributed by atoms with Crippen molar-refractivity contribution in [2.24, 2.45) is 5.92 Å². The third-order valence-corrected chi connectivity index (χ3v) is 5.58. The number of nitrogens with zero attached hydrogens (tertiary/aromatic N) is 3. The second-order valence-corrected chi connectivity index (χ2v) is 7.71. The van der Waals surface area contributed by atoms with Crippen LogP contribution in [0.5, 0.6) is 11.5 Å². The third kappa shape index (κ3) is 5.26. The van der Waals surface area contributed by atoms with Crippen molar-refractivity contribution in [1.82, 2.24) is 15.0 Å². The highest BCUT2D eigenvalue weighted by Crippen LogP contribution is 2.27. The van der Waals surface area contributed by atoms with Crippen molar-refractivity contribution in [3.05, 3.63) is 54.4 Å². The van der Waals surface area contributed by atoms with Gasteiger partial charge in [0.1, 0.15) is 11.5 Å². The number of aromatic nitrogens is 2. The van der Waals surface area contributed by atoms with Crippen molar-refractivity contribution in [3.63, 3.8) is 0 Å². The van der Waals surface area contributed by atoms with Gasteiger partial charge >= 0.3 is 0 Å². The molecule has 3 aromatic rings. The van der Waals surface area contributed by atoms with Crippen LogP contribution in [0, 0.1) is 5.92 Å². The maximum Gasteiger partial charge on any atom is 0.241 e. The van der Waals surface area contributed by atoms with Crippen LogP contribution in [0.4, 0.5) is 5.69 Å². The van der Waals surface area contributed by atoms with Gasteiger partial charge in [0.15, 0.2) is 0 Å². The lowest BCUT2D eigenvalue weighted by molar-refractivity contribution is -0.121. The van der Waals surface area contributed by atoms with Gasteiger partial charge in [-0.05, 0) is 69.3 Å². The van der Waals surface area contributed by atoms with E-state index in [2.05, 4.69) is 20.4 Å². The standard InChI is InChI=1S/C24H28N4O4/c1-3-31-21-7-5-4-6-20(21)25-24(29)18-12-14-28(15-13-18)16-22-26-23(27-32-22)17-8-10-19(30-2)11-9-17/h4-11,18H,3,12-16H2,1-2H3,(H,25,29). The number of anilines is 1. The van der Waals surface area contributed by atoms with Crippen LogP contribution in [0.3, 0.4) is 0 Å². The van der Waals surface area contributed by atoms with Crippen molar-refractivity contribution in [2.75, 3.05) is 32.1 Å². The van der Waals surface area contributed by atoms with E-state index in [4.69, 9.17) is 14.0 Å². The molecule has 0 atom stereocenters. The summed E-state index contributed by atoms with van der Waals surface area (Å²) in [7, 11) is 1.63. The normalized spacial score (nSPS) is 14.8. The van der Waals surface area contributed by atoms with Gasteiger partial charge in [-0.15, -0.1) is 0 Å². The maximum atomic E-state index is 12.8. The van der Waals surface area contributed by atoms with Crippen molar-refractivity contribution in [1.29, 1.82) is 0 Å². The van der Waals surface area contributed by atoms with Crippen LogP contribution in [-0.2, 0) is 11.3 Å². The third-order valence-electron chi connectivity index (χ3n) is 5.58. The second-order valence-electron chi connectivity index (χ2n) is 7.71. The zero-order chi connectivity index (χ0) is 22.3. The van der Waals surface area contributed by atoms with E-state index in [-0.39, 0.29) is 11.8 Å². The summed E-state index contributed by atoms with van der Waals surface area (Å²) in [4.78, 5) is 19.5. The van der Waals surface area contributed by atoms with E-state index in [1.54, 1.807) is 7.11 Å². The molecule has 0 saturated carbocycles. The number of carbonyl (C=O) groups excluding carboxylic acids is 1. The highest BCUT2D eigenvalue weighted by Gasteiger charge is 2.26. The summed E-state index contributed by atoms with van der Waals surface area (Å²) < 4.78 is 16.2. The van der Waals surface area contributed by atoms with Crippen molar-refractivity contribution >= 4 is 11.6 Å². The van der Waals surface area contributed by atoms with E-state index in [0.717, 1.165) is 42.9 Å². The van der Waals surface area contributed by atoms with Crippen LogP contribution in [0.2, 0.25) is 0 Å². The molecule has 2 heterocycles. The highest BCUT2D eigenvalue weighted by molar-refractivity contribution is 5.94. The average Bonchev–Trinajstić information content (AvgIpc) is 3.29. The number of amides is 1. The van der Waals surface area contributed by atoms with E-state index in [0.29, 0.717) is 30.6 Å². The minimum atomic E-state index is -0.0292. The number of methoxy groups -OCH3 is 1. The number of hydrogen-bond donors (Lipinski definition) is 1. The quantitative estimate of drug-likeness (QED) is 0.571. The molecule has 1 aliphatic heterocycles. The van der Waals surface area contributed by atoms with Gasteiger partial charge in [0.05, 0.1) is 25.9 Å². The van der Waals surface area contributed by atoms with E-state index in [9.17, 15) is 4.79 Å². The van der Waals surface area contributed by atoms with Gasteiger partial charge in [-0.25, -0.2) is 0 Å². The molecule has 32 heavy (non-hydrogen) atoms. The van der Waals surface area contributed by atoms with Crippen LogP contribution in [0.1, 0.15) is 25.7 Å². The van der Waals surface area contributed by atoms with Gasteiger partial charge in [-0.1, -0.05) is 17.3 Å². The molecule has 8 heteroatoms. The van der Waals surface area contributed by atoms with Crippen molar-refractivity contribution in [2.45, 2.75) is 26.3 Å². The van der Waals surface area contributed by atoms with Crippen LogP contribution in [0.25, 0.3) is 11.4 Å². The molecule has 2 aromatic carbocycles. The predicted molar refractivity (Wildman–Crippen MR) is 121 cm³/mol. The molecule has 1 amide bonds. The first-order valence-electron chi connectivity index (χ1n) is 10.9. The van der Waals surface area contributed by atoms with E-state index in [1.165, 1.54) is 0 Å². The minimum absolute atomic E-state index is 0.0292. The summed E-state index contributed by atoms with van der Waals surface area (Å²) in [6, 6.07) is 15.1. The number of carbonyl (C=O) groups is 1. The molecule has 0 unspecified atom stereocenters. The molecule has 1 saturated heterocycles. The number of hydrogen-bond acceptors (Lipinski definition) is 7. The molecular formula is C24H28N4O4. The molecule has 168 valence electrons. The Morgan fingerprint density at radius 3 is 2.62 bits per heavy atom. The Balaban J connectivity index is 1.29. The summed E-state index contributed by atoms with van der Waals surface area (Å²) in [5.41, 5.74) is 1.60. The second kappa shape index (κ2) is 10.3. The minimum Gasteiger partial charge on any atom is -0.497 e. The Bertz CT molecular complexity index is 1030. The number of ether oxygens (including phenoxy) is 2. The zero-order valence-corrected chi connectivity index (χ0v) is 18.4. The van der Waals surface area contributed by atoms with Crippen molar-refractivity contribution in [3.8, 4) is 22.9 Å². The number of rotatable bonds is 8. The molecule has 0 radical (unpaired) electrons. The molecular weight excluding hydrogens is 408 g/mol. The number of para-hydroxylation sites is 2. The maximum absolute atomic E-state index is 12.8. The van der Waals surface area contributed by atoms with Crippen LogP contribution >= 0.6 is 0 Å². The summed E-state index contributed by atoms with van der Waals surface area (Å²) in [5.74, 6) is 2.62. The smallest absolute Gasteiger partial charge is 0.241 e. The highest BCUT2D eigenvalue weighted by atomic mass is 16.5. The lowest BCUT2D eigenvalue weighted by atomic mass is 9.96. The molecule has 1 aromatic heterocycles. The fourth-order valence-corrected chi connectivity index (χ4v) is 3.81. The molecule has 8 nitrogen and oxygen atoms in total. The lowest BCUT2D eigenvalue weighted by Gasteiger charge is -2.30. The monoisotopic (exact) mass is 436 g/mol. The Labute approximate surface area is 187 Å². The first-order chi connectivity index (χ1) is 15.7. The molecule has 0 aliphatic carbocycles. The summed E-state index contributed by atoms with van der Waals surface area (Å²) in [6.45, 7) is 4.65. The van der Waals surface area contributed by atoms with Crippen LogP contribution < -0.4 is 14.8 Å².